The van der Waals surface area contributed by atoms with Crippen molar-refractivity contribution in [2.45, 2.75) is 32.1 Å². The van der Waals surface area contributed by atoms with Crippen LogP contribution in [0.5, 0.6) is 0 Å². The molecule has 1 aliphatic rings. The summed E-state index contributed by atoms with van der Waals surface area (Å²) in [6.45, 7) is 0. The van der Waals surface area contributed by atoms with E-state index < -0.39 is 0 Å². The third-order valence-corrected chi connectivity index (χ3v) is 5.22. The van der Waals surface area contributed by atoms with Crippen LogP contribution in [0.15, 0.2) is 22.7 Å². The first-order chi connectivity index (χ1) is 10.1. The molecule has 110 valence electrons. The SMILES string of the molecule is O=C(Nc1nc2c(s1)CCCCC2)c1ccc(F)cc1Br. The van der Waals surface area contributed by atoms with E-state index in [1.54, 1.807) is 11.3 Å². The van der Waals surface area contributed by atoms with E-state index in [0.29, 0.717) is 15.2 Å². The maximum atomic E-state index is 13.1. The summed E-state index contributed by atoms with van der Waals surface area (Å²) < 4.78 is 13.5. The number of hydrogen-bond donors (Lipinski definition) is 1. The van der Waals surface area contributed by atoms with Crippen LogP contribution in [0.4, 0.5) is 9.52 Å². The fourth-order valence-electron chi connectivity index (χ4n) is 2.42. The number of nitrogens with one attached hydrogen (secondary N) is 1. The van der Waals surface area contributed by atoms with Crippen molar-refractivity contribution in [1.29, 1.82) is 0 Å². The number of benzene rings is 1. The normalized spacial score (nSPS) is 14.4. The average molecular weight is 369 g/mol. The molecule has 0 radical (unpaired) electrons. The number of carbonyl (C=O) groups is 1. The van der Waals surface area contributed by atoms with Crippen molar-refractivity contribution in [3.63, 3.8) is 0 Å². The quantitative estimate of drug-likeness (QED) is 0.789. The summed E-state index contributed by atoms with van der Waals surface area (Å²) in [7, 11) is 0. The Morgan fingerprint density at radius 2 is 2.10 bits per heavy atom. The van der Waals surface area contributed by atoms with E-state index in [9.17, 15) is 9.18 Å². The highest BCUT2D eigenvalue weighted by Gasteiger charge is 2.17. The number of anilines is 1. The van der Waals surface area contributed by atoms with Gasteiger partial charge in [0.05, 0.1) is 11.3 Å². The number of rotatable bonds is 2. The fourth-order valence-corrected chi connectivity index (χ4v) is 4.00. The van der Waals surface area contributed by atoms with Gasteiger partial charge in [-0.3, -0.25) is 10.1 Å². The molecule has 0 atom stereocenters. The predicted molar refractivity (Wildman–Crippen MR) is 85.4 cm³/mol. The second-order valence-corrected chi connectivity index (χ2v) is 6.97. The maximum absolute atomic E-state index is 13.1. The van der Waals surface area contributed by atoms with Crippen LogP contribution in [0.25, 0.3) is 0 Å². The summed E-state index contributed by atoms with van der Waals surface area (Å²) >= 11 is 4.76. The lowest BCUT2D eigenvalue weighted by atomic mass is 10.2. The number of hydrogen-bond acceptors (Lipinski definition) is 3. The summed E-state index contributed by atoms with van der Waals surface area (Å²) in [4.78, 5) is 18.0. The van der Waals surface area contributed by atoms with Crippen LogP contribution >= 0.6 is 27.3 Å². The minimum Gasteiger partial charge on any atom is -0.298 e. The summed E-state index contributed by atoms with van der Waals surface area (Å²) in [6, 6.07) is 4.02. The molecule has 3 nitrogen and oxygen atoms in total. The fraction of sp³-hybridized carbons (Fsp3) is 0.333. The van der Waals surface area contributed by atoms with E-state index in [1.807, 2.05) is 0 Å². The molecule has 21 heavy (non-hydrogen) atoms. The van der Waals surface area contributed by atoms with Crippen molar-refractivity contribution in [2.24, 2.45) is 0 Å². The molecule has 1 N–H and O–H groups in total. The van der Waals surface area contributed by atoms with Gasteiger partial charge in [0.15, 0.2) is 5.13 Å². The van der Waals surface area contributed by atoms with Crippen molar-refractivity contribution in [3.05, 3.63) is 44.6 Å². The third kappa shape index (κ3) is 3.32. The van der Waals surface area contributed by atoms with Crippen LogP contribution in [-0.2, 0) is 12.8 Å². The highest BCUT2D eigenvalue weighted by atomic mass is 79.9. The van der Waals surface area contributed by atoms with E-state index in [4.69, 9.17) is 0 Å². The highest BCUT2D eigenvalue weighted by molar-refractivity contribution is 9.10. The zero-order valence-corrected chi connectivity index (χ0v) is 13.7. The Bertz CT molecular complexity index is 663. The van der Waals surface area contributed by atoms with Crippen LogP contribution in [0.1, 0.15) is 40.2 Å². The summed E-state index contributed by atoms with van der Waals surface area (Å²) in [5.74, 6) is -0.648. The Morgan fingerprint density at radius 3 is 2.90 bits per heavy atom. The van der Waals surface area contributed by atoms with Crippen molar-refractivity contribution in [2.75, 3.05) is 5.32 Å². The van der Waals surface area contributed by atoms with Crippen LogP contribution < -0.4 is 5.32 Å². The molecule has 1 amide bonds. The molecular weight excluding hydrogens is 355 g/mol. The Hall–Kier alpha value is -1.27. The molecule has 1 aromatic carbocycles. The molecule has 0 saturated carbocycles. The first-order valence-corrected chi connectivity index (χ1v) is 8.49. The molecule has 2 aromatic rings. The Balaban J connectivity index is 1.78. The number of nitrogens with zero attached hydrogens (tertiary/aromatic N) is 1. The van der Waals surface area contributed by atoms with Crippen LogP contribution in [0.3, 0.4) is 0 Å². The molecular formula is C15H14BrFN2OS. The second-order valence-electron chi connectivity index (χ2n) is 5.03. The zero-order valence-electron chi connectivity index (χ0n) is 11.3. The first kappa shape index (κ1) is 14.7. The molecule has 0 aliphatic heterocycles. The predicted octanol–water partition coefficient (Wildman–Crippen LogP) is 4.57. The van der Waals surface area contributed by atoms with Crippen molar-refractivity contribution in [1.82, 2.24) is 4.98 Å². The van der Waals surface area contributed by atoms with Gasteiger partial charge in [0.2, 0.25) is 0 Å². The Morgan fingerprint density at radius 1 is 1.29 bits per heavy atom. The lowest BCUT2D eigenvalue weighted by molar-refractivity contribution is 0.102. The molecule has 6 heteroatoms. The molecule has 1 aliphatic carbocycles. The van der Waals surface area contributed by atoms with Crippen LogP contribution in [0.2, 0.25) is 0 Å². The van der Waals surface area contributed by atoms with E-state index in [-0.39, 0.29) is 11.7 Å². The lowest BCUT2D eigenvalue weighted by Crippen LogP contribution is -2.12. The monoisotopic (exact) mass is 368 g/mol. The number of amides is 1. The number of thiazole rings is 1. The molecule has 0 spiro atoms. The number of aromatic nitrogens is 1. The molecule has 0 fully saturated rings. The van der Waals surface area contributed by atoms with Crippen LogP contribution in [0, 0.1) is 5.82 Å². The van der Waals surface area contributed by atoms with Gasteiger partial charge >= 0.3 is 0 Å². The van der Waals surface area contributed by atoms with Gasteiger partial charge in [-0.05, 0) is 59.8 Å². The topological polar surface area (TPSA) is 42.0 Å². The van der Waals surface area contributed by atoms with E-state index in [2.05, 4.69) is 26.2 Å². The van der Waals surface area contributed by atoms with Gasteiger partial charge in [-0.2, -0.15) is 0 Å². The highest BCUT2D eigenvalue weighted by Crippen LogP contribution is 2.29. The number of halogens is 2. The van der Waals surface area contributed by atoms with Crippen molar-refractivity contribution in [3.8, 4) is 0 Å². The van der Waals surface area contributed by atoms with Gasteiger partial charge in [0.25, 0.3) is 5.91 Å². The molecule has 0 bridgehead atoms. The Labute approximate surface area is 134 Å². The molecule has 1 aromatic heterocycles. The van der Waals surface area contributed by atoms with E-state index in [1.165, 1.54) is 35.9 Å². The molecule has 1 heterocycles. The standard InChI is InChI=1S/C15H14BrFN2OS/c16-11-8-9(17)6-7-10(11)14(20)19-15-18-12-4-2-1-3-5-13(12)21-15/h6-8H,1-5H2,(H,18,19,20). The Kier molecular flexibility index (Phi) is 4.35. The number of carbonyl (C=O) groups excluding carboxylic acids is 1. The van der Waals surface area contributed by atoms with Gasteiger partial charge in [-0.1, -0.05) is 6.42 Å². The van der Waals surface area contributed by atoms with Crippen LogP contribution in [-0.4, -0.2) is 10.9 Å². The van der Waals surface area contributed by atoms with Gasteiger partial charge in [0, 0.05) is 9.35 Å². The summed E-state index contributed by atoms with van der Waals surface area (Å²) in [5.41, 5.74) is 1.52. The van der Waals surface area contributed by atoms with Crippen molar-refractivity contribution < 1.29 is 9.18 Å². The minimum absolute atomic E-state index is 0.272. The zero-order chi connectivity index (χ0) is 14.8. The molecule has 0 saturated heterocycles. The van der Waals surface area contributed by atoms with Gasteiger partial charge in [0.1, 0.15) is 5.82 Å². The largest absolute Gasteiger partial charge is 0.298 e. The average Bonchev–Trinajstić information content (AvgIpc) is 2.67. The van der Waals surface area contributed by atoms with Crippen molar-refractivity contribution >= 4 is 38.3 Å². The van der Waals surface area contributed by atoms with Gasteiger partial charge < -0.3 is 0 Å². The number of aryl methyl sites for hydroxylation is 2. The van der Waals surface area contributed by atoms with E-state index >= 15 is 0 Å². The number of fused-ring (bicyclic) bond motifs is 1. The maximum Gasteiger partial charge on any atom is 0.258 e. The first-order valence-electron chi connectivity index (χ1n) is 6.88. The smallest absolute Gasteiger partial charge is 0.258 e. The summed E-state index contributed by atoms with van der Waals surface area (Å²) in [5, 5.41) is 3.44. The second kappa shape index (κ2) is 6.23. The van der Waals surface area contributed by atoms with Gasteiger partial charge in [-0.25, -0.2) is 9.37 Å². The van der Waals surface area contributed by atoms with Gasteiger partial charge in [-0.15, -0.1) is 11.3 Å². The molecule has 3 rings (SSSR count). The molecule has 0 unspecified atom stereocenters. The minimum atomic E-state index is -0.376. The lowest BCUT2D eigenvalue weighted by Gasteiger charge is -2.04. The third-order valence-electron chi connectivity index (χ3n) is 3.49. The van der Waals surface area contributed by atoms with E-state index in [0.717, 1.165) is 25.0 Å². The summed E-state index contributed by atoms with van der Waals surface area (Å²) in [6.07, 6.45) is 5.62.